The maximum absolute atomic E-state index is 12.2. The van der Waals surface area contributed by atoms with E-state index in [1.165, 1.54) is 19.1 Å². The van der Waals surface area contributed by atoms with Crippen LogP contribution in [0.2, 0.25) is 0 Å². The van der Waals surface area contributed by atoms with Gasteiger partial charge >= 0.3 is 0 Å². The molecule has 1 fully saturated rings. The highest BCUT2D eigenvalue weighted by atomic mass is 32.2. The van der Waals surface area contributed by atoms with E-state index < -0.39 is 10.0 Å². The number of ketones is 1. The molecule has 1 aromatic carbocycles. The van der Waals surface area contributed by atoms with Gasteiger partial charge in [-0.05, 0) is 43.4 Å². The molecule has 1 N–H and O–H groups in total. The van der Waals surface area contributed by atoms with Gasteiger partial charge in [-0.15, -0.1) is 0 Å². The molecule has 2 rings (SSSR count). The summed E-state index contributed by atoms with van der Waals surface area (Å²) in [5.41, 5.74) is 0.521. The third kappa shape index (κ3) is 3.81. The first kappa shape index (κ1) is 14.6. The van der Waals surface area contributed by atoms with E-state index in [9.17, 15) is 13.2 Å². The molecule has 0 unspecified atom stereocenters. The van der Waals surface area contributed by atoms with E-state index in [0.717, 1.165) is 24.3 Å². The summed E-state index contributed by atoms with van der Waals surface area (Å²) in [5, 5.41) is 0. The zero-order chi connectivity index (χ0) is 13.9. The topological polar surface area (TPSA) is 63.2 Å². The van der Waals surface area contributed by atoms with Gasteiger partial charge in [0.05, 0.1) is 4.90 Å². The molecule has 0 atom stereocenters. The van der Waals surface area contributed by atoms with Crippen LogP contribution in [0.4, 0.5) is 0 Å². The molecule has 0 aromatic heterocycles. The van der Waals surface area contributed by atoms with Crippen molar-refractivity contribution in [2.75, 3.05) is 11.5 Å². The Balaban J connectivity index is 2.12. The van der Waals surface area contributed by atoms with E-state index >= 15 is 0 Å². The average Bonchev–Trinajstić information content (AvgIpc) is 2.39. The van der Waals surface area contributed by atoms with Crippen molar-refractivity contribution in [1.29, 1.82) is 0 Å². The summed E-state index contributed by atoms with van der Waals surface area (Å²) in [6.07, 6.45) is 1.74. The summed E-state index contributed by atoms with van der Waals surface area (Å²) < 4.78 is 27.1. The number of carbonyl (C=O) groups excluding carboxylic acids is 1. The van der Waals surface area contributed by atoms with Crippen LogP contribution in [0.5, 0.6) is 0 Å². The Bertz CT molecular complexity index is 546. The molecule has 6 heteroatoms. The third-order valence-electron chi connectivity index (χ3n) is 3.11. The van der Waals surface area contributed by atoms with Gasteiger partial charge in [0.25, 0.3) is 0 Å². The number of thioether (sulfide) groups is 1. The monoisotopic (exact) mass is 299 g/mol. The van der Waals surface area contributed by atoms with Crippen molar-refractivity contribution in [3.05, 3.63) is 29.8 Å². The number of benzene rings is 1. The second kappa shape index (κ2) is 6.07. The minimum absolute atomic E-state index is 0.0266. The summed E-state index contributed by atoms with van der Waals surface area (Å²) in [4.78, 5) is 11.4. The van der Waals surface area contributed by atoms with Crippen LogP contribution in [0.25, 0.3) is 0 Å². The smallest absolute Gasteiger partial charge is 0.240 e. The van der Waals surface area contributed by atoms with Crippen molar-refractivity contribution in [1.82, 2.24) is 4.72 Å². The maximum Gasteiger partial charge on any atom is 0.240 e. The van der Waals surface area contributed by atoms with Crippen molar-refractivity contribution in [3.63, 3.8) is 0 Å². The van der Waals surface area contributed by atoms with Crippen molar-refractivity contribution in [3.8, 4) is 0 Å². The Morgan fingerprint density at radius 2 is 1.79 bits per heavy atom. The predicted molar refractivity (Wildman–Crippen MR) is 77.1 cm³/mol. The van der Waals surface area contributed by atoms with Gasteiger partial charge in [0.2, 0.25) is 10.0 Å². The fourth-order valence-corrected chi connectivity index (χ4v) is 4.38. The Kier molecular flexibility index (Phi) is 4.65. The largest absolute Gasteiger partial charge is 0.295 e. The molecule has 0 spiro atoms. The lowest BCUT2D eigenvalue weighted by atomic mass is 10.2. The van der Waals surface area contributed by atoms with Crippen molar-refractivity contribution in [2.24, 2.45) is 0 Å². The normalized spacial score (nSPS) is 17.3. The lowest BCUT2D eigenvalue weighted by molar-refractivity contribution is 0.101. The van der Waals surface area contributed by atoms with Crippen LogP contribution in [0.15, 0.2) is 29.2 Å². The van der Waals surface area contributed by atoms with E-state index in [4.69, 9.17) is 0 Å². The van der Waals surface area contributed by atoms with Gasteiger partial charge in [-0.2, -0.15) is 11.8 Å². The standard InChI is InChI=1S/C13H17NO3S2/c1-10(15)11-2-4-13(5-3-11)19(16,17)14-12-6-8-18-9-7-12/h2-5,12,14H,6-9H2,1H3. The van der Waals surface area contributed by atoms with Gasteiger partial charge in [0, 0.05) is 11.6 Å². The predicted octanol–water partition coefficient (Wildman–Crippen LogP) is 2.06. The highest BCUT2D eigenvalue weighted by Crippen LogP contribution is 2.19. The Hall–Kier alpha value is -0.850. The van der Waals surface area contributed by atoms with E-state index in [-0.39, 0.29) is 16.7 Å². The fraction of sp³-hybridized carbons (Fsp3) is 0.462. The summed E-state index contributed by atoms with van der Waals surface area (Å²) >= 11 is 1.85. The summed E-state index contributed by atoms with van der Waals surface area (Å²) in [6, 6.07) is 6.09. The van der Waals surface area contributed by atoms with E-state index in [1.54, 1.807) is 12.1 Å². The minimum atomic E-state index is -3.47. The fourth-order valence-electron chi connectivity index (χ4n) is 1.97. The molecular weight excluding hydrogens is 282 g/mol. The summed E-state index contributed by atoms with van der Waals surface area (Å²) in [7, 11) is -3.47. The molecule has 104 valence electrons. The maximum atomic E-state index is 12.2. The molecule has 19 heavy (non-hydrogen) atoms. The van der Waals surface area contributed by atoms with Crippen LogP contribution >= 0.6 is 11.8 Å². The molecule has 0 radical (unpaired) electrons. The van der Waals surface area contributed by atoms with E-state index in [1.807, 2.05) is 11.8 Å². The Morgan fingerprint density at radius 1 is 1.21 bits per heavy atom. The average molecular weight is 299 g/mol. The van der Waals surface area contributed by atoms with Crippen LogP contribution in [0.1, 0.15) is 30.1 Å². The molecular formula is C13H17NO3S2. The van der Waals surface area contributed by atoms with Gasteiger partial charge in [-0.25, -0.2) is 13.1 Å². The lowest BCUT2D eigenvalue weighted by Crippen LogP contribution is -2.37. The van der Waals surface area contributed by atoms with Crippen LogP contribution in [0, 0.1) is 0 Å². The van der Waals surface area contributed by atoms with Gasteiger partial charge < -0.3 is 0 Å². The Labute approximate surface area is 118 Å². The second-order valence-electron chi connectivity index (χ2n) is 4.59. The molecule has 1 aromatic rings. The first-order valence-electron chi connectivity index (χ1n) is 6.20. The van der Waals surface area contributed by atoms with E-state index in [0.29, 0.717) is 5.56 Å². The lowest BCUT2D eigenvalue weighted by Gasteiger charge is -2.22. The number of Topliss-reactive ketones (excluding diaryl/α,β-unsaturated/α-hetero) is 1. The van der Waals surface area contributed by atoms with Gasteiger partial charge in [0.15, 0.2) is 5.78 Å². The SMILES string of the molecule is CC(=O)c1ccc(S(=O)(=O)NC2CCSCC2)cc1. The van der Waals surface area contributed by atoms with Crippen LogP contribution in [-0.2, 0) is 10.0 Å². The zero-order valence-corrected chi connectivity index (χ0v) is 12.4. The van der Waals surface area contributed by atoms with E-state index in [2.05, 4.69) is 4.72 Å². The first-order valence-corrected chi connectivity index (χ1v) is 8.84. The molecule has 1 aliphatic heterocycles. The number of hydrogen-bond acceptors (Lipinski definition) is 4. The molecule has 1 saturated heterocycles. The third-order valence-corrected chi connectivity index (χ3v) is 5.70. The van der Waals surface area contributed by atoms with Gasteiger partial charge in [-0.3, -0.25) is 4.79 Å². The van der Waals surface area contributed by atoms with Crippen LogP contribution in [-0.4, -0.2) is 31.7 Å². The van der Waals surface area contributed by atoms with Crippen molar-refractivity contribution in [2.45, 2.75) is 30.7 Å². The number of nitrogens with one attached hydrogen (secondary N) is 1. The molecule has 1 heterocycles. The molecule has 0 saturated carbocycles. The number of rotatable bonds is 4. The van der Waals surface area contributed by atoms with Crippen molar-refractivity contribution >= 4 is 27.6 Å². The number of sulfonamides is 1. The summed E-state index contributed by atoms with van der Waals surface area (Å²) in [5.74, 6) is 1.92. The number of carbonyl (C=O) groups is 1. The molecule has 0 amide bonds. The highest BCUT2D eigenvalue weighted by Gasteiger charge is 2.21. The quantitative estimate of drug-likeness (QED) is 0.864. The van der Waals surface area contributed by atoms with Gasteiger partial charge in [-0.1, -0.05) is 12.1 Å². The van der Waals surface area contributed by atoms with Gasteiger partial charge in [0.1, 0.15) is 0 Å². The first-order chi connectivity index (χ1) is 8.99. The summed E-state index contributed by atoms with van der Waals surface area (Å²) in [6.45, 7) is 1.46. The van der Waals surface area contributed by atoms with Crippen LogP contribution in [0.3, 0.4) is 0 Å². The molecule has 0 bridgehead atoms. The second-order valence-corrected chi connectivity index (χ2v) is 7.53. The zero-order valence-electron chi connectivity index (χ0n) is 10.8. The van der Waals surface area contributed by atoms with Crippen LogP contribution < -0.4 is 4.72 Å². The van der Waals surface area contributed by atoms with Crippen molar-refractivity contribution < 1.29 is 13.2 Å². The number of hydrogen-bond donors (Lipinski definition) is 1. The highest BCUT2D eigenvalue weighted by molar-refractivity contribution is 7.99. The Morgan fingerprint density at radius 3 is 2.32 bits per heavy atom. The molecule has 1 aliphatic rings. The minimum Gasteiger partial charge on any atom is -0.295 e. The molecule has 0 aliphatic carbocycles. The molecule has 4 nitrogen and oxygen atoms in total.